The van der Waals surface area contributed by atoms with E-state index in [4.69, 9.17) is 4.52 Å². The molecule has 1 atom stereocenters. The van der Waals surface area contributed by atoms with Crippen LogP contribution >= 0.6 is 0 Å². The number of aromatic nitrogens is 3. The van der Waals surface area contributed by atoms with Gasteiger partial charge in [0.15, 0.2) is 0 Å². The fraction of sp³-hybridized carbons (Fsp3) is 0.500. The molecule has 0 amide bonds. The van der Waals surface area contributed by atoms with Gasteiger partial charge in [-0.15, -0.1) is 0 Å². The summed E-state index contributed by atoms with van der Waals surface area (Å²) in [6.45, 7) is 7.69. The molecule has 0 aromatic carbocycles. The average molecular weight is 234 g/mol. The van der Waals surface area contributed by atoms with Crippen molar-refractivity contribution in [3.05, 3.63) is 35.5 Å². The highest BCUT2D eigenvalue weighted by molar-refractivity contribution is 5.10. The van der Waals surface area contributed by atoms with E-state index in [9.17, 15) is 0 Å². The summed E-state index contributed by atoms with van der Waals surface area (Å²) in [6, 6.07) is 2.20. The van der Waals surface area contributed by atoms with Crippen molar-refractivity contribution < 1.29 is 4.52 Å². The third-order valence-electron chi connectivity index (χ3n) is 2.74. The molecule has 2 heterocycles. The maximum atomic E-state index is 5.02. The number of hydrogen-bond acceptors (Lipinski definition) is 4. The van der Waals surface area contributed by atoms with Gasteiger partial charge in [0.25, 0.3) is 0 Å². The van der Waals surface area contributed by atoms with Gasteiger partial charge in [0.1, 0.15) is 5.76 Å². The highest BCUT2D eigenvalue weighted by atomic mass is 16.5. The van der Waals surface area contributed by atoms with Crippen LogP contribution in [0.15, 0.2) is 23.0 Å². The largest absolute Gasteiger partial charge is 0.361 e. The molecule has 0 radical (unpaired) electrons. The number of hydrogen-bond donors (Lipinski definition) is 1. The molecule has 0 aliphatic carbocycles. The summed E-state index contributed by atoms with van der Waals surface area (Å²) >= 11 is 0. The number of aryl methyl sites for hydroxylation is 2. The fourth-order valence-corrected chi connectivity index (χ4v) is 1.65. The second-order valence-electron chi connectivity index (χ2n) is 4.16. The van der Waals surface area contributed by atoms with Gasteiger partial charge in [-0.3, -0.25) is 4.68 Å². The lowest BCUT2D eigenvalue weighted by Crippen LogP contribution is -2.17. The van der Waals surface area contributed by atoms with Gasteiger partial charge in [-0.1, -0.05) is 5.16 Å². The average Bonchev–Trinajstić information content (AvgIpc) is 2.94. The molecule has 0 fully saturated rings. The molecule has 92 valence electrons. The van der Waals surface area contributed by atoms with E-state index in [1.54, 1.807) is 0 Å². The highest BCUT2D eigenvalue weighted by Crippen LogP contribution is 2.12. The molecule has 0 aliphatic rings. The predicted molar refractivity (Wildman–Crippen MR) is 64.4 cm³/mol. The Bertz CT molecular complexity index is 474. The van der Waals surface area contributed by atoms with Gasteiger partial charge in [0.05, 0.1) is 11.9 Å². The van der Waals surface area contributed by atoms with E-state index in [0.717, 1.165) is 18.0 Å². The van der Waals surface area contributed by atoms with Gasteiger partial charge in [-0.2, -0.15) is 5.10 Å². The molecule has 5 heteroatoms. The van der Waals surface area contributed by atoms with Crippen LogP contribution in [-0.2, 0) is 13.1 Å². The van der Waals surface area contributed by atoms with Crippen molar-refractivity contribution in [1.29, 1.82) is 0 Å². The first-order valence-electron chi connectivity index (χ1n) is 5.87. The van der Waals surface area contributed by atoms with Crippen molar-refractivity contribution >= 4 is 0 Å². The standard InChI is InChI=1S/C12H18N4O/c1-4-16-8-11(6-14-16)10(3)13-7-12-5-9(2)17-15-12/h5-6,8,10,13H,4,7H2,1-3H3. The molecule has 5 nitrogen and oxygen atoms in total. The van der Waals surface area contributed by atoms with E-state index in [0.29, 0.717) is 6.54 Å². The molecule has 17 heavy (non-hydrogen) atoms. The fourth-order valence-electron chi connectivity index (χ4n) is 1.65. The van der Waals surface area contributed by atoms with Gasteiger partial charge in [-0.25, -0.2) is 0 Å². The zero-order valence-electron chi connectivity index (χ0n) is 10.5. The molecule has 2 rings (SSSR count). The minimum Gasteiger partial charge on any atom is -0.361 e. The Hall–Kier alpha value is -1.62. The smallest absolute Gasteiger partial charge is 0.133 e. The van der Waals surface area contributed by atoms with Crippen LogP contribution in [-0.4, -0.2) is 14.9 Å². The Labute approximate surface area is 101 Å². The summed E-state index contributed by atoms with van der Waals surface area (Å²) in [5.41, 5.74) is 2.12. The Kier molecular flexibility index (Phi) is 3.58. The zero-order valence-corrected chi connectivity index (χ0v) is 10.5. The Morgan fingerprint density at radius 2 is 2.35 bits per heavy atom. The van der Waals surface area contributed by atoms with E-state index in [-0.39, 0.29) is 6.04 Å². The molecule has 1 N–H and O–H groups in total. The van der Waals surface area contributed by atoms with E-state index >= 15 is 0 Å². The van der Waals surface area contributed by atoms with Gasteiger partial charge < -0.3 is 9.84 Å². The minimum absolute atomic E-state index is 0.257. The summed E-state index contributed by atoms with van der Waals surface area (Å²) < 4.78 is 6.94. The lowest BCUT2D eigenvalue weighted by Gasteiger charge is -2.09. The SMILES string of the molecule is CCn1cc(C(C)NCc2cc(C)on2)cn1. The first kappa shape index (κ1) is 11.9. The van der Waals surface area contributed by atoms with E-state index in [1.807, 2.05) is 23.9 Å². The molecule has 2 aromatic rings. The van der Waals surface area contributed by atoms with Crippen molar-refractivity contribution in [2.45, 2.75) is 39.9 Å². The van der Waals surface area contributed by atoms with Crippen LogP contribution in [0.5, 0.6) is 0 Å². The predicted octanol–water partition coefficient (Wildman–Crippen LogP) is 2.05. The Morgan fingerprint density at radius 3 is 2.94 bits per heavy atom. The van der Waals surface area contributed by atoms with Crippen molar-refractivity contribution in [2.24, 2.45) is 0 Å². The van der Waals surface area contributed by atoms with Crippen LogP contribution in [0.1, 0.15) is 36.9 Å². The lowest BCUT2D eigenvalue weighted by atomic mass is 10.2. The summed E-state index contributed by atoms with van der Waals surface area (Å²) in [6.07, 6.45) is 3.96. The molecule has 2 aromatic heterocycles. The van der Waals surface area contributed by atoms with Crippen LogP contribution in [0.25, 0.3) is 0 Å². The quantitative estimate of drug-likeness (QED) is 0.860. The minimum atomic E-state index is 0.257. The lowest BCUT2D eigenvalue weighted by molar-refractivity contribution is 0.386. The molecule has 1 unspecified atom stereocenters. The molecular formula is C12H18N4O. The van der Waals surface area contributed by atoms with E-state index < -0.39 is 0 Å². The first-order valence-corrected chi connectivity index (χ1v) is 5.87. The first-order chi connectivity index (χ1) is 8.19. The van der Waals surface area contributed by atoms with Crippen LogP contribution in [0.3, 0.4) is 0 Å². The van der Waals surface area contributed by atoms with E-state index in [2.05, 4.69) is 35.6 Å². The maximum Gasteiger partial charge on any atom is 0.133 e. The van der Waals surface area contributed by atoms with Crippen molar-refractivity contribution in [1.82, 2.24) is 20.3 Å². The van der Waals surface area contributed by atoms with Gasteiger partial charge in [-0.05, 0) is 20.8 Å². The highest BCUT2D eigenvalue weighted by Gasteiger charge is 2.08. The molecule has 0 saturated heterocycles. The van der Waals surface area contributed by atoms with Gasteiger partial charge >= 0.3 is 0 Å². The number of nitrogens with one attached hydrogen (secondary N) is 1. The second kappa shape index (κ2) is 5.14. The number of rotatable bonds is 5. The third-order valence-corrected chi connectivity index (χ3v) is 2.74. The van der Waals surface area contributed by atoms with Gasteiger partial charge in [0, 0.05) is 37.0 Å². The van der Waals surface area contributed by atoms with E-state index in [1.165, 1.54) is 5.56 Å². The number of nitrogens with zero attached hydrogens (tertiary/aromatic N) is 3. The molecule has 0 aliphatic heterocycles. The molecule has 0 bridgehead atoms. The summed E-state index contributed by atoms with van der Waals surface area (Å²) in [5, 5.41) is 11.6. The topological polar surface area (TPSA) is 55.9 Å². The third kappa shape index (κ3) is 2.94. The van der Waals surface area contributed by atoms with Crippen LogP contribution in [0.2, 0.25) is 0 Å². The normalized spacial score (nSPS) is 12.9. The Morgan fingerprint density at radius 1 is 1.53 bits per heavy atom. The van der Waals surface area contributed by atoms with Crippen LogP contribution in [0.4, 0.5) is 0 Å². The summed E-state index contributed by atoms with van der Waals surface area (Å²) in [7, 11) is 0. The summed E-state index contributed by atoms with van der Waals surface area (Å²) in [4.78, 5) is 0. The molecule has 0 saturated carbocycles. The van der Waals surface area contributed by atoms with Crippen LogP contribution in [0, 0.1) is 6.92 Å². The van der Waals surface area contributed by atoms with Gasteiger partial charge in [0.2, 0.25) is 0 Å². The van der Waals surface area contributed by atoms with Crippen LogP contribution < -0.4 is 5.32 Å². The van der Waals surface area contributed by atoms with Crippen molar-refractivity contribution in [3.8, 4) is 0 Å². The zero-order chi connectivity index (χ0) is 12.3. The van der Waals surface area contributed by atoms with Crippen molar-refractivity contribution in [3.63, 3.8) is 0 Å². The van der Waals surface area contributed by atoms with Crippen molar-refractivity contribution in [2.75, 3.05) is 0 Å². The molecular weight excluding hydrogens is 216 g/mol. The Balaban J connectivity index is 1.90. The second-order valence-corrected chi connectivity index (χ2v) is 4.16. The molecule has 0 spiro atoms. The monoisotopic (exact) mass is 234 g/mol. The maximum absolute atomic E-state index is 5.02. The summed E-state index contributed by atoms with van der Waals surface area (Å²) in [5.74, 6) is 0.841.